The van der Waals surface area contributed by atoms with Crippen LogP contribution in [-0.2, 0) is 11.3 Å². The van der Waals surface area contributed by atoms with Gasteiger partial charge >= 0.3 is 12.1 Å². The Labute approximate surface area is 188 Å². The Bertz CT molecular complexity index is 1140. The number of carbonyl (C=O) groups is 1. The van der Waals surface area contributed by atoms with Crippen LogP contribution in [0.3, 0.4) is 0 Å². The highest BCUT2D eigenvalue weighted by Gasteiger charge is 2.60. The Kier molecular flexibility index (Phi) is 6.12. The molecule has 1 aromatic heterocycles. The van der Waals surface area contributed by atoms with Crippen LogP contribution in [-0.4, -0.2) is 22.9 Å². The smallest absolute Gasteiger partial charge is 0.422 e. The predicted octanol–water partition coefficient (Wildman–Crippen LogP) is 5.22. The number of hydrogen-bond acceptors (Lipinski definition) is 3. The van der Waals surface area contributed by atoms with E-state index in [2.05, 4.69) is 0 Å². The van der Waals surface area contributed by atoms with Gasteiger partial charge in [-0.3, -0.25) is 0 Å². The molecule has 2 aromatic rings. The monoisotopic (exact) mass is 457 g/mol. The molecule has 0 saturated heterocycles. The molecule has 0 amide bonds. The Morgan fingerprint density at radius 3 is 2.64 bits per heavy atom. The predicted molar refractivity (Wildman–Crippen MR) is 115 cm³/mol. The van der Waals surface area contributed by atoms with Crippen molar-refractivity contribution < 1.29 is 32.5 Å². The van der Waals surface area contributed by atoms with Crippen LogP contribution >= 0.6 is 0 Å². The second-order valence-electron chi connectivity index (χ2n) is 8.12. The Morgan fingerprint density at radius 2 is 1.94 bits per heavy atom. The van der Waals surface area contributed by atoms with Crippen LogP contribution in [0.5, 0.6) is 0 Å². The summed E-state index contributed by atoms with van der Waals surface area (Å²) in [6.07, 6.45) is 4.27. The highest BCUT2D eigenvalue weighted by atomic mass is 19.4. The van der Waals surface area contributed by atoms with E-state index in [1.165, 1.54) is 24.4 Å². The van der Waals surface area contributed by atoms with Crippen molar-refractivity contribution in [1.29, 1.82) is 0 Å². The second kappa shape index (κ2) is 8.86. The SMILES string of the molecule is O=C(O)c1cc(C2=C(C3C=CC=CC3(OCc3ccccc3)C(F)(F)F)CCC2)c[n+]([O-])c1. The standard InChI is InChI=1S/C25H22F3NO4/c26-25(27,28)24(33-16-17-7-2-1-3-8-17)12-5-4-11-22(24)21-10-6-9-20(21)18-13-19(23(30)31)15-29(32)14-18/h1-5,7-8,11-15,22H,6,9-10,16H2,(H,30,31). The number of halogens is 3. The number of alkyl halides is 3. The highest BCUT2D eigenvalue weighted by Crippen LogP contribution is 2.51. The first kappa shape index (κ1) is 22.8. The lowest BCUT2D eigenvalue weighted by Gasteiger charge is -2.41. The van der Waals surface area contributed by atoms with Crippen LogP contribution in [0.2, 0.25) is 0 Å². The van der Waals surface area contributed by atoms with E-state index >= 15 is 0 Å². The maximum absolute atomic E-state index is 14.6. The van der Waals surface area contributed by atoms with E-state index in [9.17, 15) is 28.3 Å². The number of aromatic carboxylic acids is 1. The third-order valence-corrected chi connectivity index (χ3v) is 6.06. The summed E-state index contributed by atoms with van der Waals surface area (Å²) in [5, 5.41) is 21.3. The molecule has 0 radical (unpaired) electrons. The van der Waals surface area contributed by atoms with Crippen molar-refractivity contribution in [2.75, 3.05) is 0 Å². The van der Waals surface area contributed by atoms with Crippen molar-refractivity contribution in [3.8, 4) is 0 Å². The van der Waals surface area contributed by atoms with Crippen LogP contribution in [0.25, 0.3) is 5.57 Å². The minimum atomic E-state index is -4.71. The Balaban J connectivity index is 1.79. The maximum Gasteiger partial charge on any atom is 0.422 e. The van der Waals surface area contributed by atoms with Gasteiger partial charge in [0.1, 0.15) is 5.56 Å². The number of carboxylic acid groups (broad SMARTS) is 1. The molecule has 0 aliphatic heterocycles. The van der Waals surface area contributed by atoms with Gasteiger partial charge in [0.2, 0.25) is 0 Å². The first-order valence-electron chi connectivity index (χ1n) is 10.5. The summed E-state index contributed by atoms with van der Waals surface area (Å²) in [4.78, 5) is 11.4. The quantitative estimate of drug-likeness (QED) is 0.477. The largest absolute Gasteiger partial charge is 0.619 e. The number of pyridine rings is 1. The van der Waals surface area contributed by atoms with Gasteiger partial charge in [-0.05, 0) is 42.5 Å². The van der Waals surface area contributed by atoms with E-state index in [1.54, 1.807) is 36.4 Å². The number of hydrogen-bond donors (Lipinski definition) is 1. The summed E-state index contributed by atoms with van der Waals surface area (Å²) >= 11 is 0. The number of ether oxygens (including phenoxy) is 1. The summed E-state index contributed by atoms with van der Waals surface area (Å²) in [6, 6.07) is 9.98. The zero-order chi connectivity index (χ0) is 23.6. The highest BCUT2D eigenvalue weighted by molar-refractivity contribution is 5.88. The van der Waals surface area contributed by atoms with Crippen molar-refractivity contribution in [3.05, 3.63) is 101 Å². The molecule has 2 aliphatic rings. The van der Waals surface area contributed by atoms with Crippen LogP contribution in [0, 0.1) is 11.1 Å². The lowest BCUT2D eigenvalue weighted by molar-refractivity contribution is -0.605. The van der Waals surface area contributed by atoms with Crippen molar-refractivity contribution in [1.82, 2.24) is 0 Å². The topological polar surface area (TPSA) is 73.5 Å². The summed E-state index contributed by atoms with van der Waals surface area (Å²) in [6.45, 7) is -0.229. The normalized spacial score (nSPS) is 22.7. The third kappa shape index (κ3) is 4.43. The molecule has 8 heteroatoms. The molecule has 1 N–H and O–H groups in total. The van der Waals surface area contributed by atoms with E-state index in [-0.39, 0.29) is 12.2 Å². The lowest BCUT2D eigenvalue weighted by atomic mass is 9.76. The molecule has 0 saturated carbocycles. The lowest BCUT2D eigenvalue weighted by Crippen LogP contribution is -2.52. The molecule has 5 nitrogen and oxygen atoms in total. The number of rotatable bonds is 6. The molecule has 33 heavy (non-hydrogen) atoms. The number of allylic oxidation sites excluding steroid dienone is 3. The summed E-state index contributed by atoms with van der Waals surface area (Å²) < 4.78 is 49.8. The molecular weight excluding hydrogens is 435 g/mol. The fraction of sp³-hybridized carbons (Fsp3) is 0.280. The minimum Gasteiger partial charge on any atom is -0.619 e. The number of nitrogens with zero attached hydrogens (tertiary/aromatic N) is 1. The Hall–Kier alpha value is -3.39. The third-order valence-electron chi connectivity index (χ3n) is 6.06. The van der Waals surface area contributed by atoms with E-state index < -0.39 is 23.7 Å². The van der Waals surface area contributed by atoms with Gasteiger partial charge in [0, 0.05) is 11.5 Å². The summed E-state index contributed by atoms with van der Waals surface area (Å²) in [5.74, 6) is -2.42. The average molecular weight is 457 g/mol. The van der Waals surface area contributed by atoms with Crippen LogP contribution in [0.15, 0.2) is 78.7 Å². The first-order chi connectivity index (χ1) is 15.7. The molecular formula is C25H22F3NO4. The molecule has 1 heterocycles. The molecule has 0 bridgehead atoms. The number of aromatic nitrogens is 1. The van der Waals surface area contributed by atoms with Gasteiger partial charge in [-0.15, -0.1) is 0 Å². The molecule has 1 aromatic carbocycles. The van der Waals surface area contributed by atoms with Gasteiger partial charge in [-0.2, -0.15) is 17.9 Å². The van der Waals surface area contributed by atoms with Crippen LogP contribution < -0.4 is 4.73 Å². The molecule has 0 spiro atoms. The fourth-order valence-electron chi connectivity index (χ4n) is 4.54. The van der Waals surface area contributed by atoms with Gasteiger partial charge in [0.15, 0.2) is 18.0 Å². The van der Waals surface area contributed by atoms with Crippen LogP contribution in [0.4, 0.5) is 13.2 Å². The molecule has 172 valence electrons. The number of benzene rings is 1. The van der Waals surface area contributed by atoms with Crippen molar-refractivity contribution in [3.63, 3.8) is 0 Å². The summed E-state index contributed by atoms with van der Waals surface area (Å²) in [7, 11) is 0. The van der Waals surface area contributed by atoms with Gasteiger partial charge in [0.25, 0.3) is 0 Å². The summed E-state index contributed by atoms with van der Waals surface area (Å²) in [5.41, 5.74) is -0.805. The Morgan fingerprint density at radius 1 is 1.18 bits per heavy atom. The number of carboxylic acids is 1. The molecule has 2 aliphatic carbocycles. The second-order valence-corrected chi connectivity index (χ2v) is 8.12. The molecule has 0 fully saturated rings. The first-order valence-corrected chi connectivity index (χ1v) is 10.5. The average Bonchev–Trinajstić information content (AvgIpc) is 3.27. The minimum absolute atomic E-state index is 0.220. The van der Waals surface area contributed by atoms with E-state index in [1.807, 2.05) is 0 Å². The van der Waals surface area contributed by atoms with Gasteiger partial charge in [-0.1, -0.05) is 54.1 Å². The maximum atomic E-state index is 14.6. The van der Waals surface area contributed by atoms with Crippen molar-refractivity contribution in [2.24, 2.45) is 5.92 Å². The zero-order valence-corrected chi connectivity index (χ0v) is 17.6. The zero-order valence-electron chi connectivity index (χ0n) is 17.6. The molecule has 4 rings (SSSR count). The van der Waals surface area contributed by atoms with Gasteiger partial charge in [0.05, 0.1) is 6.61 Å². The molecule has 2 atom stereocenters. The van der Waals surface area contributed by atoms with Gasteiger partial charge in [-0.25, -0.2) is 4.79 Å². The van der Waals surface area contributed by atoms with Crippen molar-refractivity contribution in [2.45, 2.75) is 37.6 Å². The fourth-order valence-corrected chi connectivity index (χ4v) is 4.54. The van der Waals surface area contributed by atoms with Crippen molar-refractivity contribution >= 4 is 11.5 Å². The van der Waals surface area contributed by atoms with Gasteiger partial charge < -0.3 is 15.1 Å². The van der Waals surface area contributed by atoms with E-state index in [4.69, 9.17) is 4.74 Å². The molecule has 2 unspecified atom stereocenters. The van der Waals surface area contributed by atoms with E-state index in [0.29, 0.717) is 46.3 Å². The van der Waals surface area contributed by atoms with E-state index in [0.717, 1.165) is 12.3 Å². The van der Waals surface area contributed by atoms with Crippen LogP contribution in [0.1, 0.15) is 40.7 Å².